The Balaban J connectivity index is 3.03. The fraction of sp³-hybridized carbons (Fsp3) is 0.630. The molecule has 0 aliphatic heterocycles. The third kappa shape index (κ3) is 9.83. The molecule has 0 heterocycles. The molecule has 0 atom stereocenters. The van der Waals surface area contributed by atoms with E-state index in [-0.39, 0.29) is 22.7 Å². The summed E-state index contributed by atoms with van der Waals surface area (Å²) in [6, 6.07) is 3.94. The molecule has 1 amide bonds. The second-order valence-electron chi connectivity index (χ2n) is 10.3. The summed E-state index contributed by atoms with van der Waals surface area (Å²) < 4.78 is 4.95. The predicted molar refractivity (Wildman–Crippen MR) is 140 cm³/mol. The number of benzene rings is 1. The molecule has 0 aliphatic carbocycles. The van der Waals surface area contributed by atoms with Crippen LogP contribution in [0.15, 0.2) is 18.2 Å². The van der Waals surface area contributed by atoms with E-state index < -0.39 is 0 Å². The van der Waals surface area contributed by atoms with Crippen LogP contribution in [0, 0.1) is 0 Å². The highest BCUT2D eigenvalue weighted by Crippen LogP contribution is 2.40. The number of carbonyl (C=O) groups is 2. The highest BCUT2D eigenvalue weighted by atomic mass is 32.2. The fourth-order valence-electron chi connectivity index (χ4n) is 3.38. The van der Waals surface area contributed by atoms with Crippen LogP contribution in [-0.4, -0.2) is 53.1 Å². The largest absolute Gasteiger partial charge is 0.507 e. The molecule has 0 saturated carbocycles. The number of unbranched alkanes of at least 4 members (excludes halogenated alkanes) is 1. The van der Waals surface area contributed by atoms with Gasteiger partial charge in [-0.3, -0.25) is 9.59 Å². The van der Waals surface area contributed by atoms with Crippen LogP contribution < -0.4 is 0 Å². The number of hydrogen-bond acceptors (Lipinski definition) is 5. The highest BCUT2D eigenvalue weighted by Gasteiger charge is 2.26. The van der Waals surface area contributed by atoms with Gasteiger partial charge >= 0.3 is 5.97 Å². The molecule has 0 saturated heterocycles. The molecule has 0 aliphatic rings. The van der Waals surface area contributed by atoms with Gasteiger partial charge in [0.1, 0.15) is 5.75 Å². The highest BCUT2D eigenvalue weighted by molar-refractivity contribution is 7.99. The van der Waals surface area contributed by atoms with Crippen LogP contribution >= 0.6 is 11.8 Å². The second kappa shape index (κ2) is 13.1. The Kier molecular flexibility index (Phi) is 11.5. The van der Waals surface area contributed by atoms with Crippen molar-refractivity contribution in [1.29, 1.82) is 0 Å². The monoisotopic (exact) mass is 477 g/mol. The van der Waals surface area contributed by atoms with Gasteiger partial charge in [0.15, 0.2) is 0 Å². The van der Waals surface area contributed by atoms with Crippen LogP contribution in [0.25, 0.3) is 6.08 Å². The Hall–Kier alpha value is -1.95. The number of rotatable bonds is 11. The van der Waals surface area contributed by atoms with Crippen molar-refractivity contribution < 1.29 is 19.4 Å². The molecule has 186 valence electrons. The molecular formula is C27H43NO4S. The zero-order valence-corrected chi connectivity index (χ0v) is 22.6. The van der Waals surface area contributed by atoms with Crippen LogP contribution in [-0.2, 0) is 25.2 Å². The SMILES string of the molecule is CCCCN(CCSCC(=O)OCC)C(=O)/C=C/c1cc(C(C)(C)C)c(O)c(C(C)(C)C)c1. The third-order valence-electron chi connectivity index (χ3n) is 5.29. The minimum Gasteiger partial charge on any atom is -0.507 e. The van der Waals surface area contributed by atoms with Crippen molar-refractivity contribution in [2.75, 3.05) is 31.2 Å². The topological polar surface area (TPSA) is 66.8 Å². The van der Waals surface area contributed by atoms with Crippen molar-refractivity contribution in [3.8, 4) is 5.75 Å². The van der Waals surface area contributed by atoms with E-state index in [4.69, 9.17) is 4.74 Å². The number of aromatic hydroxyl groups is 1. The number of nitrogens with zero attached hydrogens (tertiary/aromatic N) is 1. The standard InChI is InChI=1S/C27H43NO4S/c1-9-11-14-28(15-16-33-19-24(30)32-10-2)23(29)13-12-20-17-21(26(3,4)5)25(31)22(18-20)27(6,7)8/h12-13,17-18,31H,9-11,14-16,19H2,1-8H3/b13-12+. The number of esters is 1. The molecule has 0 bridgehead atoms. The van der Waals surface area contributed by atoms with E-state index in [0.717, 1.165) is 29.5 Å². The van der Waals surface area contributed by atoms with E-state index in [2.05, 4.69) is 48.5 Å². The van der Waals surface area contributed by atoms with E-state index in [9.17, 15) is 14.7 Å². The second-order valence-corrected chi connectivity index (χ2v) is 11.4. The molecular weight excluding hydrogens is 434 g/mol. The first-order chi connectivity index (χ1) is 15.3. The quantitative estimate of drug-likeness (QED) is 0.243. The lowest BCUT2D eigenvalue weighted by atomic mass is 9.78. The van der Waals surface area contributed by atoms with Gasteiger partial charge in [0.2, 0.25) is 5.91 Å². The van der Waals surface area contributed by atoms with Crippen molar-refractivity contribution in [2.45, 2.75) is 79.1 Å². The number of carbonyl (C=O) groups excluding carboxylic acids is 2. The van der Waals surface area contributed by atoms with E-state index in [1.165, 1.54) is 11.8 Å². The van der Waals surface area contributed by atoms with Gasteiger partial charge in [-0.25, -0.2) is 0 Å². The van der Waals surface area contributed by atoms with E-state index in [1.807, 2.05) is 23.1 Å². The maximum atomic E-state index is 13.0. The first kappa shape index (κ1) is 29.1. The number of hydrogen-bond donors (Lipinski definition) is 1. The Morgan fingerprint density at radius 3 is 2.09 bits per heavy atom. The summed E-state index contributed by atoms with van der Waals surface area (Å²) in [4.78, 5) is 26.3. The van der Waals surface area contributed by atoms with Gasteiger partial charge < -0.3 is 14.7 Å². The lowest BCUT2D eigenvalue weighted by Gasteiger charge is -2.28. The van der Waals surface area contributed by atoms with Crippen molar-refractivity contribution in [3.63, 3.8) is 0 Å². The third-order valence-corrected chi connectivity index (χ3v) is 6.20. The zero-order valence-electron chi connectivity index (χ0n) is 21.8. The summed E-state index contributed by atoms with van der Waals surface area (Å²) in [7, 11) is 0. The van der Waals surface area contributed by atoms with E-state index in [1.54, 1.807) is 13.0 Å². The average molecular weight is 478 g/mol. The van der Waals surface area contributed by atoms with Gasteiger partial charge in [0.05, 0.1) is 12.4 Å². The van der Waals surface area contributed by atoms with E-state index in [0.29, 0.717) is 37.0 Å². The molecule has 1 N–H and O–H groups in total. The van der Waals surface area contributed by atoms with Crippen LogP contribution in [0.2, 0.25) is 0 Å². The van der Waals surface area contributed by atoms with Crippen LogP contribution in [0.3, 0.4) is 0 Å². The lowest BCUT2D eigenvalue weighted by molar-refractivity contribution is -0.139. The molecule has 0 radical (unpaired) electrons. The molecule has 1 aromatic rings. The van der Waals surface area contributed by atoms with Crippen molar-refractivity contribution in [1.82, 2.24) is 4.90 Å². The Morgan fingerprint density at radius 1 is 1.03 bits per heavy atom. The number of ether oxygens (including phenoxy) is 1. The van der Waals surface area contributed by atoms with Crippen LogP contribution in [0.1, 0.15) is 84.9 Å². The molecule has 1 aromatic carbocycles. The zero-order chi connectivity index (χ0) is 25.2. The van der Waals surface area contributed by atoms with Crippen LogP contribution in [0.4, 0.5) is 0 Å². The molecule has 0 spiro atoms. The molecule has 0 fully saturated rings. The summed E-state index contributed by atoms with van der Waals surface area (Å²) in [5, 5.41) is 10.9. The lowest BCUT2D eigenvalue weighted by Crippen LogP contribution is -2.32. The van der Waals surface area contributed by atoms with Crippen molar-refractivity contribution in [2.24, 2.45) is 0 Å². The molecule has 0 unspecified atom stereocenters. The minimum atomic E-state index is -0.221. The van der Waals surface area contributed by atoms with Crippen molar-refractivity contribution >= 4 is 29.7 Å². The first-order valence-electron chi connectivity index (χ1n) is 11.9. The normalized spacial score (nSPS) is 12.2. The Morgan fingerprint density at radius 2 is 1.61 bits per heavy atom. The molecule has 6 heteroatoms. The average Bonchev–Trinajstić information content (AvgIpc) is 2.70. The summed E-state index contributed by atoms with van der Waals surface area (Å²) in [6.07, 6.45) is 5.41. The van der Waals surface area contributed by atoms with Gasteiger partial charge in [0.25, 0.3) is 0 Å². The number of phenolic OH excluding ortho intramolecular Hbond substituents is 1. The van der Waals surface area contributed by atoms with Gasteiger partial charge in [-0.15, -0.1) is 11.8 Å². The summed E-state index contributed by atoms with van der Waals surface area (Å²) in [5.74, 6) is 1.07. The Bertz CT molecular complexity index is 783. The predicted octanol–water partition coefficient (Wildman–Crippen LogP) is 5.93. The van der Waals surface area contributed by atoms with Crippen molar-refractivity contribution in [3.05, 3.63) is 34.9 Å². The Labute approximate surface area is 205 Å². The van der Waals surface area contributed by atoms with E-state index >= 15 is 0 Å². The molecule has 0 aromatic heterocycles. The van der Waals surface area contributed by atoms with Gasteiger partial charge in [-0.1, -0.05) is 54.9 Å². The van der Waals surface area contributed by atoms with Crippen LogP contribution in [0.5, 0.6) is 5.75 Å². The van der Waals surface area contributed by atoms with Gasteiger partial charge in [-0.05, 0) is 47.9 Å². The summed E-state index contributed by atoms with van der Waals surface area (Å²) in [5.41, 5.74) is 2.21. The number of phenols is 1. The molecule has 33 heavy (non-hydrogen) atoms. The van der Waals surface area contributed by atoms with Gasteiger partial charge in [0, 0.05) is 36.0 Å². The summed E-state index contributed by atoms with van der Waals surface area (Å²) in [6.45, 7) is 18.0. The van der Waals surface area contributed by atoms with Gasteiger partial charge in [-0.2, -0.15) is 0 Å². The molecule has 5 nitrogen and oxygen atoms in total. The smallest absolute Gasteiger partial charge is 0.315 e. The minimum absolute atomic E-state index is 0.0390. The number of thioether (sulfide) groups is 1. The molecule has 1 rings (SSSR count). The summed E-state index contributed by atoms with van der Waals surface area (Å²) >= 11 is 1.49. The maximum Gasteiger partial charge on any atom is 0.315 e. The first-order valence-corrected chi connectivity index (χ1v) is 13.0. The number of amides is 1. The fourth-order valence-corrected chi connectivity index (χ4v) is 4.13. The maximum absolute atomic E-state index is 13.0.